The fourth-order valence-corrected chi connectivity index (χ4v) is 3.23. The third-order valence-electron chi connectivity index (χ3n) is 4.43. The topological polar surface area (TPSA) is 64.7 Å². The Labute approximate surface area is 140 Å². The molecule has 4 amide bonds. The van der Waals surface area contributed by atoms with Gasteiger partial charge in [0.1, 0.15) is 12.3 Å². The molecular weight excluding hydrogens is 304 g/mol. The number of hydrogen-bond donors (Lipinski definition) is 2. The summed E-state index contributed by atoms with van der Waals surface area (Å²) in [7, 11) is 0. The number of rotatable bonds is 4. The van der Waals surface area contributed by atoms with Crippen molar-refractivity contribution in [3.8, 4) is 0 Å². The molecule has 0 radical (unpaired) electrons. The van der Waals surface area contributed by atoms with E-state index in [1.165, 1.54) is 0 Å². The maximum absolute atomic E-state index is 12.3. The van der Waals surface area contributed by atoms with Crippen LogP contribution in [0.25, 0.3) is 0 Å². The number of hydrogen-bond acceptors (Lipinski definition) is 2. The molecule has 2 aliphatic rings. The number of carbonyl (C=O) groups is 2. The Morgan fingerprint density at radius 1 is 0.667 bits per heavy atom. The maximum atomic E-state index is 12.3. The molecule has 2 aromatic carbocycles. The smallest absolute Gasteiger partial charge is 0.314 e. The SMILES string of the molecule is O=C1N[C@H]2[C@H](NC(=O)N2Cc2ccccc2)N1Cc1ccccc1. The molecule has 2 atom stereocenters. The van der Waals surface area contributed by atoms with E-state index in [0.717, 1.165) is 11.1 Å². The second-order valence-corrected chi connectivity index (χ2v) is 6.02. The van der Waals surface area contributed by atoms with Gasteiger partial charge in [0.05, 0.1) is 0 Å². The van der Waals surface area contributed by atoms with Gasteiger partial charge in [-0.3, -0.25) is 9.80 Å². The fourth-order valence-electron chi connectivity index (χ4n) is 3.23. The third kappa shape index (κ3) is 2.56. The summed E-state index contributed by atoms with van der Waals surface area (Å²) in [5, 5.41) is 5.83. The summed E-state index contributed by atoms with van der Waals surface area (Å²) in [5.41, 5.74) is 2.06. The number of amides is 4. The molecule has 2 fully saturated rings. The Morgan fingerprint density at radius 3 is 1.42 bits per heavy atom. The highest BCUT2D eigenvalue weighted by atomic mass is 16.2. The predicted octanol–water partition coefficient (Wildman–Crippen LogP) is 2.09. The zero-order chi connectivity index (χ0) is 16.5. The summed E-state index contributed by atoms with van der Waals surface area (Å²) in [6.45, 7) is 0.931. The Kier molecular flexibility index (Phi) is 3.57. The van der Waals surface area contributed by atoms with Crippen molar-refractivity contribution in [3.63, 3.8) is 0 Å². The van der Waals surface area contributed by atoms with E-state index in [0.29, 0.717) is 13.1 Å². The van der Waals surface area contributed by atoms with E-state index in [-0.39, 0.29) is 24.4 Å². The van der Waals surface area contributed by atoms with Gasteiger partial charge in [0, 0.05) is 13.1 Å². The van der Waals surface area contributed by atoms with E-state index < -0.39 is 0 Å². The van der Waals surface area contributed by atoms with Crippen LogP contribution in [0.15, 0.2) is 60.7 Å². The van der Waals surface area contributed by atoms with Gasteiger partial charge in [-0.15, -0.1) is 0 Å². The third-order valence-corrected chi connectivity index (χ3v) is 4.43. The molecule has 6 nitrogen and oxygen atoms in total. The van der Waals surface area contributed by atoms with Crippen molar-refractivity contribution in [2.24, 2.45) is 0 Å². The van der Waals surface area contributed by atoms with Crippen molar-refractivity contribution in [1.82, 2.24) is 20.4 Å². The van der Waals surface area contributed by atoms with E-state index in [1.807, 2.05) is 60.7 Å². The molecular formula is C18H18N4O2. The van der Waals surface area contributed by atoms with Gasteiger partial charge in [-0.25, -0.2) is 9.59 Å². The van der Waals surface area contributed by atoms with Gasteiger partial charge in [-0.05, 0) is 11.1 Å². The summed E-state index contributed by atoms with van der Waals surface area (Å²) in [6.07, 6.45) is -0.706. The molecule has 2 heterocycles. The van der Waals surface area contributed by atoms with E-state index >= 15 is 0 Å². The highest BCUT2D eigenvalue weighted by Crippen LogP contribution is 2.24. The molecule has 24 heavy (non-hydrogen) atoms. The largest absolute Gasteiger partial charge is 0.321 e. The van der Waals surface area contributed by atoms with Crippen molar-refractivity contribution in [2.75, 3.05) is 0 Å². The molecule has 6 heteroatoms. The van der Waals surface area contributed by atoms with Crippen molar-refractivity contribution in [3.05, 3.63) is 71.8 Å². The lowest BCUT2D eigenvalue weighted by Gasteiger charge is -2.22. The van der Waals surface area contributed by atoms with Crippen molar-refractivity contribution < 1.29 is 9.59 Å². The van der Waals surface area contributed by atoms with Gasteiger partial charge in [-0.1, -0.05) is 60.7 Å². The van der Waals surface area contributed by atoms with Crippen LogP contribution in [0.5, 0.6) is 0 Å². The minimum atomic E-state index is -0.353. The molecule has 2 N–H and O–H groups in total. The van der Waals surface area contributed by atoms with Gasteiger partial charge in [0.2, 0.25) is 0 Å². The summed E-state index contributed by atoms with van der Waals surface area (Å²) < 4.78 is 0. The van der Waals surface area contributed by atoms with Gasteiger partial charge in [0.15, 0.2) is 0 Å². The average molecular weight is 322 g/mol. The lowest BCUT2D eigenvalue weighted by molar-refractivity contribution is 0.191. The standard InChI is InChI=1S/C18H18N4O2/c23-17-20-16-15(21(17)11-13-7-3-1-4-8-13)19-18(24)22(16)12-14-9-5-2-6-10-14/h1-10,15-16H,11-12H2,(H,19,24)(H,20,23)/t15-,16-/m1/s1. The van der Waals surface area contributed by atoms with Crippen LogP contribution in [-0.2, 0) is 13.1 Å². The Balaban J connectivity index is 1.52. The number of fused-ring (bicyclic) bond motifs is 1. The fraction of sp³-hybridized carbons (Fsp3) is 0.222. The molecule has 0 aromatic heterocycles. The molecule has 2 aromatic rings. The zero-order valence-electron chi connectivity index (χ0n) is 13.1. The van der Waals surface area contributed by atoms with E-state index in [4.69, 9.17) is 0 Å². The summed E-state index contributed by atoms with van der Waals surface area (Å²) in [6, 6.07) is 19.2. The lowest BCUT2D eigenvalue weighted by Crippen LogP contribution is -2.43. The van der Waals surface area contributed by atoms with Crippen LogP contribution < -0.4 is 10.6 Å². The average Bonchev–Trinajstić information content (AvgIpc) is 3.06. The highest BCUT2D eigenvalue weighted by molar-refractivity contribution is 5.84. The Morgan fingerprint density at radius 2 is 1.04 bits per heavy atom. The van der Waals surface area contributed by atoms with Crippen molar-refractivity contribution in [1.29, 1.82) is 0 Å². The van der Waals surface area contributed by atoms with Gasteiger partial charge in [0.25, 0.3) is 0 Å². The van der Waals surface area contributed by atoms with E-state index in [1.54, 1.807) is 9.80 Å². The second kappa shape index (κ2) is 5.88. The van der Waals surface area contributed by atoms with Crippen molar-refractivity contribution >= 4 is 12.1 Å². The highest BCUT2D eigenvalue weighted by Gasteiger charge is 2.50. The van der Waals surface area contributed by atoms with Gasteiger partial charge < -0.3 is 10.6 Å². The van der Waals surface area contributed by atoms with Crippen LogP contribution in [-0.4, -0.2) is 34.2 Å². The minimum absolute atomic E-state index is 0.160. The van der Waals surface area contributed by atoms with E-state index in [2.05, 4.69) is 10.6 Å². The predicted molar refractivity (Wildman–Crippen MR) is 88.6 cm³/mol. The van der Waals surface area contributed by atoms with Crippen LogP contribution in [0, 0.1) is 0 Å². The maximum Gasteiger partial charge on any atom is 0.321 e. The Bertz CT molecular complexity index is 685. The molecule has 2 aliphatic heterocycles. The molecule has 0 spiro atoms. The van der Waals surface area contributed by atoms with Crippen LogP contribution in [0.3, 0.4) is 0 Å². The molecule has 122 valence electrons. The number of nitrogens with one attached hydrogen (secondary N) is 2. The summed E-state index contributed by atoms with van der Waals surface area (Å²) in [4.78, 5) is 28.0. The second-order valence-electron chi connectivity index (χ2n) is 6.02. The van der Waals surface area contributed by atoms with Crippen LogP contribution in [0.1, 0.15) is 11.1 Å². The quantitative estimate of drug-likeness (QED) is 0.905. The molecule has 0 saturated carbocycles. The number of benzene rings is 2. The lowest BCUT2D eigenvalue weighted by atomic mass is 10.2. The van der Waals surface area contributed by atoms with Gasteiger partial charge >= 0.3 is 12.1 Å². The number of urea groups is 2. The molecule has 0 unspecified atom stereocenters. The summed E-state index contributed by atoms with van der Waals surface area (Å²) in [5.74, 6) is 0. The van der Waals surface area contributed by atoms with Crippen LogP contribution in [0.2, 0.25) is 0 Å². The molecule has 2 saturated heterocycles. The summed E-state index contributed by atoms with van der Waals surface area (Å²) >= 11 is 0. The zero-order valence-corrected chi connectivity index (χ0v) is 13.1. The van der Waals surface area contributed by atoms with Crippen LogP contribution in [0.4, 0.5) is 9.59 Å². The Hall–Kier alpha value is -3.02. The molecule has 0 aliphatic carbocycles. The van der Waals surface area contributed by atoms with Gasteiger partial charge in [-0.2, -0.15) is 0 Å². The van der Waals surface area contributed by atoms with Crippen LogP contribution >= 0.6 is 0 Å². The van der Waals surface area contributed by atoms with Crippen molar-refractivity contribution in [2.45, 2.75) is 25.4 Å². The first-order valence-electron chi connectivity index (χ1n) is 7.94. The first kappa shape index (κ1) is 14.6. The number of carbonyl (C=O) groups excluding carboxylic acids is 2. The first-order valence-corrected chi connectivity index (χ1v) is 7.94. The molecule has 4 rings (SSSR count). The first-order chi connectivity index (χ1) is 11.7. The monoisotopic (exact) mass is 322 g/mol. The minimum Gasteiger partial charge on any atom is -0.314 e. The molecule has 0 bridgehead atoms. The van der Waals surface area contributed by atoms with E-state index in [9.17, 15) is 9.59 Å². The number of nitrogens with zero attached hydrogens (tertiary/aromatic N) is 2. The normalized spacial score (nSPS) is 22.3.